The number of fused-ring (bicyclic) bond motifs is 1. The zero-order valence-electron chi connectivity index (χ0n) is 6.97. The van der Waals surface area contributed by atoms with Gasteiger partial charge in [-0.1, -0.05) is 0 Å². The van der Waals surface area contributed by atoms with E-state index in [1.54, 1.807) is 0 Å². The Kier molecular flexibility index (Phi) is 1.57. The van der Waals surface area contributed by atoms with Crippen LogP contribution in [0.25, 0.3) is 11.0 Å². The summed E-state index contributed by atoms with van der Waals surface area (Å²) in [7, 11) is 0. The Morgan fingerprint density at radius 2 is 2.29 bits per heavy atom. The molecule has 0 unspecified atom stereocenters. The minimum absolute atomic E-state index is 0.0879. The number of nitrogens with zero attached hydrogens (tertiary/aromatic N) is 2. The Bertz CT molecular complexity index is 518. The van der Waals surface area contributed by atoms with Crippen LogP contribution in [0, 0.1) is 5.21 Å². The number of rotatable bonds is 1. The van der Waals surface area contributed by atoms with Crippen LogP contribution in [0.15, 0.2) is 18.5 Å². The normalized spacial score (nSPS) is 10.6. The highest BCUT2D eigenvalue weighted by Gasteiger charge is 2.10. The molecule has 0 saturated carbocycles. The smallest absolute Gasteiger partial charge is 0.337 e. The van der Waals surface area contributed by atoms with Crippen molar-refractivity contribution in [3.8, 4) is 0 Å². The number of carbonyl (C=O) groups is 1. The lowest BCUT2D eigenvalue weighted by atomic mass is 10.1. The summed E-state index contributed by atoms with van der Waals surface area (Å²) in [5.41, 5.74) is 6.07. The van der Waals surface area contributed by atoms with E-state index in [0.29, 0.717) is 10.2 Å². The van der Waals surface area contributed by atoms with Gasteiger partial charge in [-0.15, -0.1) is 0 Å². The number of aromatic nitrogens is 2. The van der Waals surface area contributed by atoms with E-state index in [1.807, 2.05) is 0 Å². The van der Waals surface area contributed by atoms with Gasteiger partial charge >= 0.3 is 5.97 Å². The SMILES string of the molecule is Nc1cc2ncn([O-])c2cc1C(=O)O. The molecule has 2 aromatic rings. The van der Waals surface area contributed by atoms with Crippen molar-refractivity contribution >= 4 is 22.7 Å². The summed E-state index contributed by atoms with van der Waals surface area (Å²) in [6, 6.07) is 2.58. The van der Waals surface area contributed by atoms with Crippen molar-refractivity contribution in [2.45, 2.75) is 0 Å². The molecule has 14 heavy (non-hydrogen) atoms. The summed E-state index contributed by atoms with van der Waals surface area (Å²) >= 11 is 0. The molecule has 0 amide bonds. The minimum atomic E-state index is -1.16. The highest BCUT2D eigenvalue weighted by molar-refractivity contribution is 5.98. The first-order chi connectivity index (χ1) is 6.59. The lowest BCUT2D eigenvalue weighted by Crippen LogP contribution is -2.02. The summed E-state index contributed by atoms with van der Waals surface area (Å²) in [6.45, 7) is 0. The van der Waals surface area contributed by atoms with E-state index in [2.05, 4.69) is 4.98 Å². The molecule has 0 aliphatic carbocycles. The monoisotopic (exact) mass is 192 g/mol. The molecule has 1 aromatic heterocycles. The molecule has 0 fully saturated rings. The lowest BCUT2D eigenvalue weighted by Gasteiger charge is -2.07. The summed E-state index contributed by atoms with van der Waals surface area (Å²) in [4.78, 5) is 14.4. The maximum atomic E-state index is 11.1. The van der Waals surface area contributed by atoms with Crippen molar-refractivity contribution in [3.63, 3.8) is 0 Å². The van der Waals surface area contributed by atoms with Crippen LogP contribution in [0.1, 0.15) is 10.4 Å². The minimum Gasteiger partial charge on any atom is -0.805 e. The number of benzene rings is 1. The quantitative estimate of drug-likeness (QED) is 0.646. The first-order valence-corrected chi connectivity index (χ1v) is 3.77. The van der Waals surface area contributed by atoms with Crippen molar-refractivity contribution < 1.29 is 9.90 Å². The zero-order valence-corrected chi connectivity index (χ0v) is 6.97. The number of carboxylic acid groups (broad SMARTS) is 1. The number of aromatic carboxylic acids is 1. The van der Waals surface area contributed by atoms with E-state index in [1.165, 1.54) is 12.1 Å². The predicted molar refractivity (Wildman–Crippen MR) is 49.9 cm³/mol. The molecule has 0 bridgehead atoms. The van der Waals surface area contributed by atoms with Gasteiger partial charge in [0.2, 0.25) is 0 Å². The van der Waals surface area contributed by atoms with Crippen LogP contribution < -0.4 is 5.73 Å². The maximum absolute atomic E-state index is 11.1. The van der Waals surface area contributed by atoms with E-state index in [4.69, 9.17) is 10.8 Å². The van der Waals surface area contributed by atoms with Gasteiger partial charge in [-0.3, -0.25) is 0 Å². The topological polar surface area (TPSA) is 104 Å². The highest BCUT2D eigenvalue weighted by atomic mass is 16.5. The van der Waals surface area contributed by atoms with Gasteiger partial charge in [0.1, 0.15) is 0 Å². The van der Waals surface area contributed by atoms with Gasteiger partial charge in [-0.25, -0.2) is 9.78 Å². The van der Waals surface area contributed by atoms with Crippen LogP contribution in [0.3, 0.4) is 0 Å². The third kappa shape index (κ3) is 1.05. The Morgan fingerprint density at radius 1 is 1.57 bits per heavy atom. The molecule has 0 atom stereocenters. The fourth-order valence-electron chi connectivity index (χ4n) is 1.23. The summed E-state index contributed by atoms with van der Waals surface area (Å²) in [5.74, 6) is -1.16. The molecule has 0 saturated heterocycles. The van der Waals surface area contributed by atoms with Crippen LogP contribution in [-0.4, -0.2) is 20.8 Å². The van der Waals surface area contributed by atoms with Gasteiger partial charge in [-0.05, 0) is 12.1 Å². The van der Waals surface area contributed by atoms with Crippen LogP contribution in [0.5, 0.6) is 0 Å². The number of nitrogens with two attached hydrogens (primary N) is 1. The molecule has 72 valence electrons. The first-order valence-electron chi connectivity index (χ1n) is 3.77. The van der Waals surface area contributed by atoms with Crippen LogP contribution in [0.2, 0.25) is 0 Å². The van der Waals surface area contributed by atoms with Crippen molar-refractivity contribution in [2.24, 2.45) is 0 Å². The van der Waals surface area contributed by atoms with Gasteiger partial charge in [0.15, 0.2) is 0 Å². The Hall–Kier alpha value is -2.24. The molecular formula is C8H6N3O3-. The average molecular weight is 192 g/mol. The number of hydrogen-bond acceptors (Lipinski definition) is 4. The Balaban J connectivity index is 2.80. The second-order valence-electron chi connectivity index (χ2n) is 2.80. The molecular weight excluding hydrogens is 186 g/mol. The lowest BCUT2D eigenvalue weighted by molar-refractivity contribution is 0.0698. The van der Waals surface area contributed by atoms with Crippen molar-refractivity contribution in [2.75, 3.05) is 5.73 Å². The van der Waals surface area contributed by atoms with E-state index < -0.39 is 5.97 Å². The summed E-state index contributed by atoms with van der Waals surface area (Å²) < 4.78 is 0.501. The third-order valence-electron chi connectivity index (χ3n) is 1.92. The van der Waals surface area contributed by atoms with Gasteiger partial charge in [0.25, 0.3) is 0 Å². The van der Waals surface area contributed by atoms with Gasteiger partial charge < -0.3 is 20.8 Å². The average Bonchev–Trinajstić information content (AvgIpc) is 2.46. The number of anilines is 1. The Labute approximate surface area is 78.2 Å². The van der Waals surface area contributed by atoms with Crippen molar-refractivity contribution in [1.29, 1.82) is 0 Å². The van der Waals surface area contributed by atoms with Gasteiger partial charge in [0.05, 0.1) is 22.9 Å². The standard InChI is InChI=1S/C8H6N3O3/c9-5-2-6-7(11(14)3-10-6)1-4(5)8(12)13/h1-3H,9H2,(H,12,13)/q-1. The molecule has 1 heterocycles. The summed E-state index contributed by atoms with van der Waals surface area (Å²) in [5, 5.41) is 19.8. The molecule has 0 aliphatic rings. The number of hydrogen-bond donors (Lipinski definition) is 2. The second kappa shape index (κ2) is 2.63. The van der Waals surface area contributed by atoms with Crippen LogP contribution in [-0.2, 0) is 0 Å². The number of imidazole rings is 1. The van der Waals surface area contributed by atoms with Crippen molar-refractivity contribution in [1.82, 2.24) is 9.71 Å². The largest absolute Gasteiger partial charge is 0.805 e. The van der Waals surface area contributed by atoms with Gasteiger partial charge in [-0.2, -0.15) is 0 Å². The van der Waals surface area contributed by atoms with E-state index >= 15 is 0 Å². The molecule has 0 spiro atoms. The molecule has 3 N–H and O–H groups in total. The summed E-state index contributed by atoms with van der Waals surface area (Å²) in [6.07, 6.45) is 1.07. The third-order valence-corrected chi connectivity index (χ3v) is 1.92. The molecule has 1 aromatic carbocycles. The van der Waals surface area contributed by atoms with Gasteiger partial charge in [0, 0.05) is 5.69 Å². The molecule has 6 heteroatoms. The zero-order chi connectivity index (χ0) is 10.3. The molecule has 0 radical (unpaired) electrons. The van der Waals surface area contributed by atoms with Crippen LogP contribution in [0.4, 0.5) is 5.69 Å². The van der Waals surface area contributed by atoms with Crippen LogP contribution >= 0.6 is 0 Å². The number of nitrogen functional groups attached to an aromatic ring is 1. The first kappa shape index (κ1) is 8.36. The Morgan fingerprint density at radius 3 is 2.93 bits per heavy atom. The highest BCUT2D eigenvalue weighted by Crippen LogP contribution is 2.20. The van der Waals surface area contributed by atoms with Crippen molar-refractivity contribution in [3.05, 3.63) is 29.2 Å². The maximum Gasteiger partial charge on any atom is 0.337 e. The molecule has 0 aliphatic heterocycles. The van der Waals surface area contributed by atoms with E-state index in [0.717, 1.165) is 6.33 Å². The molecule has 6 nitrogen and oxygen atoms in total. The number of carboxylic acids is 1. The van der Waals surface area contributed by atoms with E-state index in [9.17, 15) is 10.0 Å². The fraction of sp³-hybridized carbons (Fsp3) is 0. The fourth-order valence-corrected chi connectivity index (χ4v) is 1.23. The predicted octanol–water partition coefficient (Wildman–Crippen LogP) is 0.663. The molecule has 2 rings (SSSR count). The van der Waals surface area contributed by atoms with E-state index in [-0.39, 0.29) is 16.8 Å². The second-order valence-corrected chi connectivity index (χ2v) is 2.80.